The van der Waals surface area contributed by atoms with Crippen LogP contribution in [0.3, 0.4) is 0 Å². The number of rotatable bonds is 7. The number of allylic oxidation sites excluding steroid dienone is 2. The van der Waals surface area contributed by atoms with Crippen molar-refractivity contribution in [3.05, 3.63) is 253 Å². The van der Waals surface area contributed by atoms with Crippen molar-refractivity contribution in [1.29, 1.82) is 5.26 Å². The topological polar surface area (TPSA) is 76.6 Å². The van der Waals surface area contributed by atoms with Crippen LogP contribution in [0.5, 0.6) is 5.75 Å². The van der Waals surface area contributed by atoms with Crippen molar-refractivity contribution in [3.8, 4) is 51.4 Å². The Hall–Kier alpha value is -8.66. The first-order valence-corrected chi connectivity index (χ1v) is 21.9. The van der Waals surface area contributed by atoms with E-state index in [1.54, 1.807) is 0 Å². The van der Waals surface area contributed by atoms with Crippen LogP contribution >= 0.6 is 0 Å². The first-order chi connectivity index (χ1) is 32.2. The number of benzene rings is 8. The molecule has 0 fully saturated rings. The third-order valence-corrected chi connectivity index (χ3v) is 13.0. The molecule has 1 aliphatic carbocycles. The molecular formula is C59H39N5O. The lowest BCUT2D eigenvalue weighted by molar-refractivity contribution is 0.140. The molecule has 2 aromatic heterocycles. The summed E-state index contributed by atoms with van der Waals surface area (Å²) in [5.41, 5.74) is 11.5. The van der Waals surface area contributed by atoms with Gasteiger partial charge < -0.3 is 9.30 Å². The van der Waals surface area contributed by atoms with E-state index in [4.69, 9.17) is 19.7 Å². The standard InChI is InChI=1S/C59H39N5O/c60-38-39-26-32-52-48(34-39)49-35-42(29-33-53(49)64(52)47-24-14-5-15-25-47)43-27-30-50-54(36-43)65-55-37-44(28-31-51(55)59(50,45-20-10-3-11-21-45)46-22-12-4-13-23-46)58-62-56(40-16-6-1-7-17-40)61-57(63-58)41-18-8-2-9-19-41/h1-37,51,55H. The third-order valence-electron chi connectivity index (χ3n) is 13.0. The highest BCUT2D eigenvalue weighted by atomic mass is 16.5. The van der Waals surface area contributed by atoms with Crippen LogP contribution in [0, 0.1) is 17.2 Å². The van der Waals surface area contributed by atoms with Gasteiger partial charge in [-0.3, -0.25) is 0 Å². The van der Waals surface area contributed by atoms with Crippen molar-refractivity contribution < 1.29 is 4.74 Å². The first kappa shape index (κ1) is 38.0. The molecule has 0 amide bonds. The molecule has 0 radical (unpaired) electrons. The molecular weight excluding hydrogens is 795 g/mol. The Morgan fingerprint density at radius 1 is 0.508 bits per heavy atom. The van der Waals surface area contributed by atoms with Gasteiger partial charge in [0.15, 0.2) is 17.5 Å². The first-order valence-electron chi connectivity index (χ1n) is 21.9. The van der Waals surface area contributed by atoms with Crippen molar-refractivity contribution in [1.82, 2.24) is 19.5 Å². The molecule has 6 heteroatoms. The predicted octanol–water partition coefficient (Wildman–Crippen LogP) is 13.2. The van der Waals surface area contributed by atoms with E-state index in [2.05, 4.69) is 156 Å². The monoisotopic (exact) mass is 833 g/mol. The molecule has 12 rings (SSSR count). The Kier molecular flexibility index (Phi) is 9.13. The molecule has 306 valence electrons. The third kappa shape index (κ3) is 6.36. The van der Waals surface area contributed by atoms with E-state index in [0.29, 0.717) is 23.0 Å². The van der Waals surface area contributed by atoms with Crippen LogP contribution in [-0.4, -0.2) is 25.6 Å². The van der Waals surface area contributed by atoms with Gasteiger partial charge in [0.1, 0.15) is 11.9 Å². The molecule has 0 N–H and O–H groups in total. The number of hydrogen-bond donors (Lipinski definition) is 0. The fourth-order valence-corrected chi connectivity index (χ4v) is 10.1. The highest BCUT2D eigenvalue weighted by Gasteiger charge is 2.52. The molecule has 2 atom stereocenters. The molecule has 1 aliphatic heterocycles. The molecule has 2 unspecified atom stereocenters. The fraction of sp³-hybridized carbons (Fsp3) is 0.0508. The Bertz CT molecular complexity index is 3420. The second kappa shape index (κ2) is 15.6. The van der Waals surface area contributed by atoms with Gasteiger partial charge in [0, 0.05) is 44.6 Å². The highest BCUT2D eigenvalue weighted by Crippen LogP contribution is 2.56. The number of nitrogens with zero attached hydrogens (tertiary/aromatic N) is 5. The van der Waals surface area contributed by atoms with E-state index in [1.165, 1.54) is 11.1 Å². The Labute approximate surface area is 376 Å². The Balaban J connectivity index is 1.04. The van der Waals surface area contributed by atoms with Crippen LogP contribution in [-0.2, 0) is 5.41 Å². The van der Waals surface area contributed by atoms with E-state index in [-0.39, 0.29) is 12.0 Å². The van der Waals surface area contributed by atoms with Crippen molar-refractivity contribution >= 4 is 27.4 Å². The summed E-state index contributed by atoms with van der Waals surface area (Å²) in [5, 5.41) is 12.0. The second-order valence-electron chi connectivity index (χ2n) is 16.6. The summed E-state index contributed by atoms with van der Waals surface area (Å²) in [5.74, 6) is 2.50. The summed E-state index contributed by atoms with van der Waals surface area (Å²) in [6, 6.07) is 73.9. The SMILES string of the molecule is N#Cc1ccc2c(c1)c1cc(-c3ccc4c(c3)OC3C=C(c5nc(-c6ccccc6)nc(-c6ccccc6)n5)C=CC3C4(c3ccccc3)c3ccccc3)ccc1n2-c1ccccc1. The zero-order chi connectivity index (χ0) is 43.3. The minimum atomic E-state index is -0.609. The van der Waals surface area contributed by atoms with Crippen molar-refractivity contribution in [3.63, 3.8) is 0 Å². The van der Waals surface area contributed by atoms with Crippen LogP contribution in [0.2, 0.25) is 0 Å². The Morgan fingerprint density at radius 3 is 1.65 bits per heavy atom. The predicted molar refractivity (Wildman–Crippen MR) is 259 cm³/mol. The maximum absolute atomic E-state index is 9.94. The molecule has 3 heterocycles. The summed E-state index contributed by atoms with van der Waals surface area (Å²) in [4.78, 5) is 15.2. The lowest BCUT2D eigenvalue weighted by Crippen LogP contribution is -2.49. The minimum Gasteiger partial charge on any atom is -0.485 e. The van der Waals surface area contributed by atoms with Gasteiger partial charge >= 0.3 is 0 Å². The summed E-state index contributed by atoms with van der Waals surface area (Å²) >= 11 is 0. The minimum absolute atomic E-state index is 0.117. The quantitative estimate of drug-likeness (QED) is 0.160. The van der Waals surface area contributed by atoms with Gasteiger partial charge in [-0.15, -0.1) is 0 Å². The molecule has 10 aromatic rings. The van der Waals surface area contributed by atoms with Gasteiger partial charge in [0.05, 0.1) is 28.1 Å². The molecule has 8 aromatic carbocycles. The number of aromatic nitrogens is 4. The molecule has 2 aliphatic rings. The fourth-order valence-electron chi connectivity index (χ4n) is 10.1. The average molecular weight is 834 g/mol. The number of para-hydroxylation sites is 1. The van der Waals surface area contributed by atoms with E-state index >= 15 is 0 Å². The summed E-state index contributed by atoms with van der Waals surface area (Å²) in [7, 11) is 0. The van der Waals surface area contributed by atoms with Gasteiger partial charge in [0.2, 0.25) is 0 Å². The van der Waals surface area contributed by atoms with Gasteiger partial charge in [-0.1, -0.05) is 170 Å². The van der Waals surface area contributed by atoms with Gasteiger partial charge in [-0.05, 0) is 76.9 Å². The zero-order valence-corrected chi connectivity index (χ0v) is 35.2. The lowest BCUT2D eigenvalue weighted by Gasteiger charge is -2.49. The maximum atomic E-state index is 9.94. The molecule has 0 bridgehead atoms. The molecule has 0 saturated heterocycles. The Morgan fingerprint density at radius 2 is 1.03 bits per heavy atom. The maximum Gasteiger partial charge on any atom is 0.164 e. The number of fused-ring (bicyclic) bond motifs is 5. The van der Waals surface area contributed by atoms with E-state index in [0.717, 1.165) is 66.6 Å². The van der Waals surface area contributed by atoms with Crippen molar-refractivity contribution in [2.45, 2.75) is 11.5 Å². The van der Waals surface area contributed by atoms with Gasteiger partial charge in [0.25, 0.3) is 0 Å². The summed E-state index contributed by atoms with van der Waals surface area (Å²) < 4.78 is 9.56. The summed E-state index contributed by atoms with van der Waals surface area (Å²) in [6.07, 6.45) is 6.29. The van der Waals surface area contributed by atoms with E-state index < -0.39 is 5.41 Å². The molecule has 6 nitrogen and oxygen atoms in total. The van der Waals surface area contributed by atoms with Crippen LogP contribution in [0.25, 0.3) is 67.0 Å². The van der Waals surface area contributed by atoms with Crippen LogP contribution in [0.1, 0.15) is 28.1 Å². The molecule has 0 spiro atoms. The average Bonchev–Trinajstić information content (AvgIpc) is 3.71. The smallest absolute Gasteiger partial charge is 0.164 e. The highest BCUT2D eigenvalue weighted by molar-refractivity contribution is 6.11. The van der Waals surface area contributed by atoms with Crippen molar-refractivity contribution in [2.24, 2.45) is 5.92 Å². The van der Waals surface area contributed by atoms with Gasteiger partial charge in [-0.2, -0.15) is 5.26 Å². The van der Waals surface area contributed by atoms with Crippen LogP contribution < -0.4 is 4.74 Å². The largest absolute Gasteiger partial charge is 0.485 e. The lowest BCUT2D eigenvalue weighted by atomic mass is 9.58. The van der Waals surface area contributed by atoms with E-state index in [9.17, 15) is 5.26 Å². The van der Waals surface area contributed by atoms with Crippen LogP contribution in [0.15, 0.2) is 224 Å². The molecule has 65 heavy (non-hydrogen) atoms. The van der Waals surface area contributed by atoms with Gasteiger partial charge in [-0.25, -0.2) is 15.0 Å². The normalized spacial score (nSPS) is 16.0. The summed E-state index contributed by atoms with van der Waals surface area (Å²) in [6.45, 7) is 0. The number of hydrogen-bond acceptors (Lipinski definition) is 5. The zero-order valence-electron chi connectivity index (χ0n) is 35.2. The van der Waals surface area contributed by atoms with Crippen molar-refractivity contribution in [2.75, 3.05) is 0 Å². The van der Waals surface area contributed by atoms with Crippen LogP contribution in [0.4, 0.5) is 0 Å². The number of nitriles is 1. The second-order valence-corrected chi connectivity index (χ2v) is 16.6. The molecule has 0 saturated carbocycles. The number of ether oxygens (including phenoxy) is 1. The van der Waals surface area contributed by atoms with E-state index in [1.807, 2.05) is 78.9 Å².